The van der Waals surface area contributed by atoms with Crippen LogP contribution in [-0.2, 0) is 13.0 Å². The van der Waals surface area contributed by atoms with Gasteiger partial charge in [-0.25, -0.2) is 0 Å². The van der Waals surface area contributed by atoms with Gasteiger partial charge in [0.25, 0.3) is 5.91 Å². The molecule has 0 unspecified atom stereocenters. The molecule has 27 heavy (non-hydrogen) atoms. The van der Waals surface area contributed by atoms with Gasteiger partial charge in [0, 0.05) is 13.6 Å². The maximum Gasteiger partial charge on any atom is 0.284 e. The number of guanidine groups is 1. The van der Waals surface area contributed by atoms with E-state index in [9.17, 15) is 4.79 Å². The molecule has 0 aliphatic heterocycles. The smallest absolute Gasteiger partial charge is 0.284 e. The minimum absolute atomic E-state index is 0. The fourth-order valence-electron chi connectivity index (χ4n) is 2.57. The zero-order valence-corrected chi connectivity index (χ0v) is 18.4. The Kier molecular flexibility index (Phi) is 9.92. The molecule has 1 heterocycles. The lowest BCUT2D eigenvalue weighted by Gasteiger charge is -2.11. The van der Waals surface area contributed by atoms with Crippen molar-refractivity contribution in [3.8, 4) is 0 Å². The van der Waals surface area contributed by atoms with Crippen molar-refractivity contribution in [2.75, 3.05) is 13.6 Å². The molecule has 0 atom stereocenters. The van der Waals surface area contributed by atoms with E-state index in [-0.39, 0.29) is 29.7 Å². The van der Waals surface area contributed by atoms with Crippen LogP contribution in [0.2, 0.25) is 0 Å². The number of rotatable bonds is 8. The lowest BCUT2D eigenvalue weighted by molar-refractivity contribution is 0.0972. The Morgan fingerprint density at radius 1 is 1.15 bits per heavy atom. The second-order valence-electron chi connectivity index (χ2n) is 6.48. The van der Waals surface area contributed by atoms with E-state index in [0.29, 0.717) is 24.2 Å². The van der Waals surface area contributed by atoms with E-state index < -0.39 is 5.91 Å². The van der Waals surface area contributed by atoms with Gasteiger partial charge in [0.15, 0.2) is 11.7 Å². The van der Waals surface area contributed by atoms with E-state index in [0.717, 1.165) is 19.4 Å². The second kappa shape index (κ2) is 11.6. The summed E-state index contributed by atoms with van der Waals surface area (Å²) in [6.45, 7) is 5.66. The molecule has 1 aromatic heterocycles. The summed E-state index contributed by atoms with van der Waals surface area (Å²) in [7, 11) is 1.72. The van der Waals surface area contributed by atoms with Crippen LogP contribution >= 0.6 is 24.0 Å². The van der Waals surface area contributed by atoms with E-state index in [1.165, 1.54) is 11.1 Å². The number of halogens is 1. The third-order valence-electron chi connectivity index (χ3n) is 4.14. The molecule has 0 bridgehead atoms. The van der Waals surface area contributed by atoms with Crippen LogP contribution in [0.25, 0.3) is 0 Å². The molecule has 1 aromatic carbocycles. The zero-order valence-electron chi connectivity index (χ0n) is 16.1. The second-order valence-corrected chi connectivity index (χ2v) is 6.48. The number of nitrogens with one attached hydrogen (secondary N) is 2. The average Bonchev–Trinajstić information content (AvgIpc) is 3.11. The fraction of sp³-hybridized carbons (Fsp3) is 0.400. The number of carbonyl (C=O) groups is 1. The number of furan rings is 1. The molecule has 4 N–H and O–H groups in total. The average molecular weight is 484 g/mol. The first-order valence-corrected chi connectivity index (χ1v) is 8.91. The van der Waals surface area contributed by atoms with Crippen LogP contribution in [-0.4, -0.2) is 25.5 Å². The Balaban J connectivity index is 0.00000364. The van der Waals surface area contributed by atoms with E-state index in [2.05, 4.69) is 53.7 Å². The summed E-state index contributed by atoms with van der Waals surface area (Å²) >= 11 is 0. The van der Waals surface area contributed by atoms with Crippen molar-refractivity contribution in [2.24, 2.45) is 10.7 Å². The molecular formula is C20H29IN4O2. The SMILES string of the molecule is CN=C(NCCCc1ccc(C(C)C)cc1)NCc1ccc(C(N)=O)o1.I. The number of amides is 1. The quantitative estimate of drug-likeness (QED) is 0.232. The molecule has 7 heteroatoms. The molecular weight excluding hydrogens is 455 g/mol. The van der Waals surface area contributed by atoms with Crippen LogP contribution in [0.4, 0.5) is 0 Å². The van der Waals surface area contributed by atoms with Gasteiger partial charge in [0.2, 0.25) is 0 Å². The fourth-order valence-corrected chi connectivity index (χ4v) is 2.57. The first kappa shape index (κ1) is 23.0. The summed E-state index contributed by atoms with van der Waals surface area (Å²) in [6, 6.07) is 12.1. The van der Waals surface area contributed by atoms with Crippen molar-refractivity contribution in [2.45, 2.75) is 39.2 Å². The predicted molar refractivity (Wildman–Crippen MR) is 120 cm³/mol. The number of aryl methyl sites for hydroxylation is 1. The van der Waals surface area contributed by atoms with Gasteiger partial charge in [-0.15, -0.1) is 24.0 Å². The van der Waals surface area contributed by atoms with Crippen molar-refractivity contribution in [1.82, 2.24) is 10.6 Å². The first-order valence-electron chi connectivity index (χ1n) is 8.91. The molecule has 2 rings (SSSR count). The molecule has 2 aromatic rings. The third kappa shape index (κ3) is 7.62. The minimum atomic E-state index is -0.569. The van der Waals surface area contributed by atoms with Gasteiger partial charge < -0.3 is 20.8 Å². The third-order valence-corrected chi connectivity index (χ3v) is 4.14. The predicted octanol–water partition coefficient (Wildman–Crippen LogP) is 3.42. The van der Waals surface area contributed by atoms with Crippen LogP contribution in [0, 0.1) is 0 Å². The lowest BCUT2D eigenvalue weighted by Crippen LogP contribution is -2.37. The topological polar surface area (TPSA) is 92.6 Å². The number of benzene rings is 1. The van der Waals surface area contributed by atoms with Crippen LogP contribution < -0.4 is 16.4 Å². The highest BCUT2D eigenvalue weighted by Crippen LogP contribution is 2.15. The van der Waals surface area contributed by atoms with Crippen molar-refractivity contribution >= 4 is 35.8 Å². The summed E-state index contributed by atoms with van der Waals surface area (Å²) in [5, 5.41) is 6.42. The summed E-state index contributed by atoms with van der Waals surface area (Å²) in [5.74, 6) is 1.48. The van der Waals surface area contributed by atoms with Gasteiger partial charge in [-0.1, -0.05) is 38.1 Å². The van der Waals surface area contributed by atoms with Crippen LogP contribution in [0.5, 0.6) is 0 Å². The van der Waals surface area contributed by atoms with Crippen molar-refractivity contribution < 1.29 is 9.21 Å². The highest BCUT2D eigenvalue weighted by molar-refractivity contribution is 14.0. The monoisotopic (exact) mass is 484 g/mol. The van der Waals surface area contributed by atoms with Crippen LogP contribution in [0.3, 0.4) is 0 Å². The molecule has 0 aliphatic carbocycles. The van der Waals surface area contributed by atoms with Crippen LogP contribution in [0.15, 0.2) is 45.8 Å². The summed E-state index contributed by atoms with van der Waals surface area (Å²) < 4.78 is 5.33. The standard InChI is InChI=1S/C20H28N4O2.HI/c1-14(2)16-8-6-15(7-9-16)5-4-12-23-20(22-3)24-13-17-10-11-18(26-17)19(21)25;/h6-11,14H,4-5,12-13H2,1-3H3,(H2,21,25)(H2,22,23,24);1H. The Labute approximate surface area is 178 Å². The van der Waals surface area contributed by atoms with Crippen molar-refractivity contribution in [1.29, 1.82) is 0 Å². The number of hydrogen-bond acceptors (Lipinski definition) is 3. The first-order chi connectivity index (χ1) is 12.5. The molecule has 148 valence electrons. The van der Waals surface area contributed by atoms with Gasteiger partial charge in [-0.05, 0) is 42.0 Å². The molecule has 0 radical (unpaired) electrons. The van der Waals surface area contributed by atoms with E-state index >= 15 is 0 Å². The number of nitrogens with two attached hydrogens (primary N) is 1. The highest BCUT2D eigenvalue weighted by Gasteiger charge is 2.07. The largest absolute Gasteiger partial charge is 0.454 e. The maximum absolute atomic E-state index is 11.0. The number of primary amides is 1. The number of hydrogen-bond donors (Lipinski definition) is 3. The molecule has 0 aliphatic rings. The number of nitrogens with zero attached hydrogens (tertiary/aromatic N) is 1. The molecule has 0 saturated heterocycles. The highest BCUT2D eigenvalue weighted by atomic mass is 127. The summed E-state index contributed by atoms with van der Waals surface area (Å²) in [4.78, 5) is 15.2. The van der Waals surface area contributed by atoms with E-state index in [4.69, 9.17) is 10.2 Å². The Morgan fingerprint density at radius 3 is 2.41 bits per heavy atom. The van der Waals surface area contributed by atoms with Gasteiger partial charge in [-0.2, -0.15) is 0 Å². The number of aliphatic imine (C=N–C) groups is 1. The van der Waals surface area contributed by atoms with Crippen molar-refractivity contribution in [3.63, 3.8) is 0 Å². The molecule has 0 saturated carbocycles. The summed E-state index contributed by atoms with van der Waals surface area (Å²) in [5.41, 5.74) is 7.88. The molecule has 0 fully saturated rings. The summed E-state index contributed by atoms with van der Waals surface area (Å²) in [6.07, 6.45) is 2.02. The molecule has 6 nitrogen and oxygen atoms in total. The maximum atomic E-state index is 11.0. The Morgan fingerprint density at radius 2 is 1.85 bits per heavy atom. The van der Waals surface area contributed by atoms with Gasteiger partial charge in [0.1, 0.15) is 5.76 Å². The normalized spacial score (nSPS) is 11.2. The van der Waals surface area contributed by atoms with E-state index in [1.54, 1.807) is 19.2 Å². The van der Waals surface area contributed by atoms with Crippen LogP contribution in [0.1, 0.15) is 53.6 Å². The van der Waals surface area contributed by atoms with Gasteiger partial charge >= 0.3 is 0 Å². The number of carbonyl (C=O) groups excluding carboxylic acids is 1. The molecule has 0 spiro atoms. The zero-order chi connectivity index (χ0) is 18.9. The Hall–Kier alpha value is -2.03. The minimum Gasteiger partial charge on any atom is -0.454 e. The molecule has 1 amide bonds. The Bertz CT molecular complexity index is 739. The van der Waals surface area contributed by atoms with Gasteiger partial charge in [-0.3, -0.25) is 9.79 Å². The van der Waals surface area contributed by atoms with Gasteiger partial charge in [0.05, 0.1) is 6.54 Å². The van der Waals surface area contributed by atoms with Crippen molar-refractivity contribution in [3.05, 3.63) is 59.0 Å². The van der Waals surface area contributed by atoms with E-state index in [1.807, 2.05) is 0 Å². The lowest BCUT2D eigenvalue weighted by atomic mass is 10.0.